The second-order valence-corrected chi connectivity index (χ2v) is 7.11. The van der Waals surface area contributed by atoms with Crippen molar-refractivity contribution in [2.24, 2.45) is 16.7 Å². The zero-order valence-corrected chi connectivity index (χ0v) is 16.1. The van der Waals surface area contributed by atoms with Gasteiger partial charge in [-0.25, -0.2) is 0 Å². The summed E-state index contributed by atoms with van der Waals surface area (Å²) in [4.78, 5) is 36.5. The molecule has 0 heterocycles. The highest BCUT2D eigenvalue weighted by atomic mass is 16.5. The van der Waals surface area contributed by atoms with Crippen LogP contribution in [0.3, 0.4) is 0 Å². The second-order valence-electron chi connectivity index (χ2n) is 7.11. The number of carbonyl (C=O) groups excluding carboxylic acids is 3. The summed E-state index contributed by atoms with van der Waals surface area (Å²) in [5.41, 5.74) is -1.86. The SMILES string of the molecule is CCCOC(=O)C(C)(C)CC(C)(CC(C)C(=O)OCC)C(=O)OC. The van der Waals surface area contributed by atoms with Crippen molar-refractivity contribution in [1.29, 1.82) is 0 Å². The fourth-order valence-electron chi connectivity index (χ4n) is 2.96. The van der Waals surface area contributed by atoms with E-state index in [0.717, 1.165) is 6.42 Å². The Morgan fingerprint density at radius 1 is 1.00 bits per heavy atom. The summed E-state index contributed by atoms with van der Waals surface area (Å²) >= 11 is 0. The number of hydrogen-bond donors (Lipinski definition) is 0. The van der Waals surface area contributed by atoms with Crippen LogP contribution in [0.2, 0.25) is 0 Å². The zero-order chi connectivity index (χ0) is 19.0. The van der Waals surface area contributed by atoms with Crippen LogP contribution in [0.5, 0.6) is 0 Å². The molecule has 0 aromatic rings. The Hall–Kier alpha value is -1.59. The quantitative estimate of drug-likeness (QED) is 0.447. The third kappa shape index (κ3) is 6.49. The maximum absolute atomic E-state index is 12.3. The summed E-state index contributed by atoms with van der Waals surface area (Å²) in [5, 5.41) is 0. The molecule has 0 N–H and O–H groups in total. The highest BCUT2D eigenvalue weighted by molar-refractivity contribution is 5.81. The van der Waals surface area contributed by atoms with Gasteiger partial charge in [-0.05, 0) is 47.0 Å². The number of rotatable bonds is 10. The molecule has 0 saturated carbocycles. The molecule has 0 amide bonds. The van der Waals surface area contributed by atoms with E-state index in [1.165, 1.54) is 7.11 Å². The molecule has 2 unspecified atom stereocenters. The lowest BCUT2D eigenvalue weighted by molar-refractivity contribution is -0.163. The topological polar surface area (TPSA) is 78.9 Å². The number of esters is 3. The molecule has 0 aliphatic rings. The molecule has 0 aromatic heterocycles. The van der Waals surface area contributed by atoms with E-state index >= 15 is 0 Å². The van der Waals surface area contributed by atoms with Crippen LogP contribution in [0.1, 0.15) is 60.8 Å². The molecular weight excluding hydrogens is 312 g/mol. The predicted molar refractivity (Wildman–Crippen MR) is 90.2 cm³/mol. The molecule has 6 heteroatoms. The fourth-order valence-corrected chi connectivity index (χ4v) is 2.96. The summed E-state index contributed by atoms with van der Waals surface area (Å²) in [6.07, 6.45) is 1.19. The Balaban J connectivity index is 5.27. The summed E-state index contributed by atoms with van der Waals surface area (Å²) in [5.74, 6) is -1.64. The van der Waals surface area contributed by atoms with E-state index in [1.54, 1.807) is 34.6 Å². The minimum absolute atomic E-state index is 0.221. The van der Waals surface area contributed by atoms with E-state index in [0.29, 0.717) is 6.61 Å². The summed E-state index contributed by atoms with van der Waals surface area (Å²) in [6.45, 7) is 11.2. The molecule has 0 bridgehead atoms. The van der Waals surface area contributed by atoms with Crippen LogP contribution in [-0.4, -0.2) is 38.2 Å². The van der Waals surface area contributed by atoms with Crippen molar-refractivity contribution in [3.8, 4) is 0 Å². The average molecular weight is 344 g/mol. The first-order valence-corrected chi connectivity index (χ1v) is 8.46. The maximum Gasteiger partial charge on any atom is 0.311 e. The average Bonchev–Trinajstić information content (AvgIpc) is 2.50. The van der Waals surface area contributed by atoms with Crippen molar-refractivity contribution in [3.63, 3.8) is 0 Å². The molecule has 140 valence electrons. The van der Waals surface area contributed by atoms with E-state index in [4.69, 9.17) is 14.2 Å². The molecule has 0 aliphatic carbocycles. The highest BCUT2D eigenvalue weighted by Crippen LogP contribution is 2.40. The van der Waals surface area contributed by atoms with Gasteiger partial charge in [0.15, 0.2) is 0 Å². The van der Waals surface area contributed by atoms with Gasteiger partial charge in [0.1, 0.15) is 0 Å². The van der Waals surface area contributed by atoms with Crippen LogP contribution in [0, 0.1) is 16.7 Å². The summed E-state index contributed by atoms with van der Waals surface area (Å²) in [6, 6.07) is 0. The Morgan fingerprint density at radius 3 is 2.04 bits per heavy atom. The van der Waals surface area contributed by atoms with Crippen LogP contribution < -0.4 is 0 Å². The lowest BCUT2D eigenvalue weighted by Crippen LogP contribution is -2.40. The molecule has 0 aromatic carbocycles. The molecule has 0 spiro atoms. The van der Waals surface area contributed by atoms with Crippen molar-refractivity contribution in [3.05, 3.63) is 0 Å². The fraction of sp³-hybridized carbons (Fsp3) is 0.833. The molecule has 0 aliphatic heterocycles. The van der Waals surface area contributed by atoms with Gasteiger partial charge in [0, 0.05) is 0 Å². The maximum atomic E-state index is 12.3. The van der Waals surface area contributed by atoms with E-state index in [1.807, 2.05) is 6.92 Å². The molecule has 0 fully saturated rings. The minimum Gasteiger partial charge on any atom is -0.469 e. The number of ether oxygens (including phenoxy) is 3. The first-order chi connectivity index (χ1) is 11.0. The molecule has 0 radical (unpaired) electrons. The number of methoxy groups -OCH3 is 1. The minimum atomic E-state index is -0.990. The van der Waals surface area contributed by atoms with Gasteiger partial charge in [0.05, 0.1) is 37.1 Å². The van der Waals surface area contributed by atoms with Crippen molar-refractivity contribution in [1.82, 2.24) is 0 Å². The monoisotopic (exact) mass is 344 g/mol. The van der Waals surface area contributed by atoms with Crippen molar-refractivity contribution in [2.75, 3.05) is 20.3 Å². The van der Waals surface area contributed by atoms with E-state index in [-0.39, 0.29) is 31.4 Å². The van der Waals surface area contributed by atoms with Gasteiger partial charge in [0.25, 0.3) is 0 Å². The van der Waals surface area contributed by atoms with Crippen LogP contribution in [0.15, 0.2) is 0 Å². The van der Waals surface area contributed by atoms with Gasteiger partial charge in [0.2, 0.25) is 0 Å². The first kappa shape index (κ1) is 22.4. The first-order valence-electron chi connectivity index (χ1n) is 8.46. The Labute approximate surface area is 145 Å². The predicted octanol–water partition coefficient (Wildman–Crippen LogP) is 3.12. The van der Waals surface area contributed by atoms with Crippen LogP contribution in [-0.2, 0) is 28.6 Å². The molecule has 6 nitrogen and oxygen atoms in total. The van der Waals surface area contributed by atoms with Crippen molar-refractivity contribution in [2.45, 2.75) is 60.8 Å². The normalized spacial score (nSPS) is 15.1. The van der Waals surface area contributed by atoms with Gasteiger partial charge in [-0.1, -0.05) is 13.8 Å². The van der Waals surface area contributed by atoms with Gasteiger partial charge >= 0.3 is 17.9 Å². The largest absolute Gasteiger partial charge is 0.469 e. The van der Waals surface area contributed by atoms with Gasteiger partial charge in [-0.3, -0.25) is 14.4 Å². The van der Waals surface area contributed by atoms with E-state index < -0.39 is 22.7 Å². The van der Waals surface area contributed by atoms with E-state index in [2.05, 4.69) is 0 Å². The molecule has 0 saturated heterocycles. The van der Waals surface area contributed by atoms with Gasteiger partial charge in [-0.15, -0.1) is 0 Å². The molecule has 24 heavy (non-hydrogen) atoms. The summed E-state index contributed by atoms with van der Waals surface area (Å²) in [7, 11) is 1.30. The lowest BCUT2D eigenvalue weighted by Gasteiger charge is -2.35. The van der Waals surface area contributed by atoms with Gasteiger partial charge < -0.3 is 14.2 Å². The third-order valence-corrected chi connectivity index (χ3v) is 3.95. The van der Waals surface area contributed by atoms with Crippen molar-refractivity contribution < 1.29 is 28.6 Å². The Morgan fingerprint density at radius 2 is 1.58 bits per heavy atom. The second kappa shape index (κ2) is 9.64. The molecule has 0 rings (SSSR count). The Bertz CT molecular complexity index is 443. The lowest BCUT2D eigenvalue weighted by atomic mass is 9.70. The zero-order valence-electron chi connectivity index (χ0n) is 16.1. The Kier molecular flexibility index (Phi) is 9.01. The van der Waals surface area contributed by atoms with Crippen LogP contribution >= 0.6 is 0 Å². The summed E-state index contributed by atoms with van der Waals surface area (Å²) < 4.78 is 15.2. The molecule has 2 atom stereocenters. The molecular formula is C18H32O6. The smallest absolute Gasteiger partial charge is 0.311 e. The highest BCUT2D eigenvalue weighted by Gasteiger charge is 2.45. The van der Waals surface area contributed by atoms with Crippen molar-refractivity contribution >= 4 is 17.9 Å². The standard InChI is InChI=1S/C18H32O6/c1-8-10-24-15(20)17(4,5)12-18(6,16(21)22-7)11-13(3)14(19)23-9-2/h13H,8-12H2,1-7H3. The number of hydrogen-bond acceptors (Lipinski definition) is 6. The van der Waals surface area contributed by atoms with Gasteiger partial charge in [-0.2, -0.15) is 0 Å². The van der Waals surface area contributed by atoms with Crippen LogP contribution in [0.4, 0.5) is 0 Å². The number of carbonyl (C=O) groups is 3. The van der Waals surface area contributed by atoms with E-state index in [9.17, 15) is 14.4 Å². The van der Waals surface area contributed by atoms with Crippen LogP contribution in [0.25, 0.3) is 0 Å². The third-order valence-electron chi connectivity index (χ3n) is 3.95.